The number of carbonyl (C=O) groups excluding carboxylic acids is 2. The first kappa shape index (κ1) is 21.9. The fourth-order valence-electron chi connectivity index (χ4n) is 6.68. The van der Waals surface area contributed by atoms with Crippen molar-refractivity contribution in [3.8, 4) is 0 Å². The first-order valence-electron chi connectivity index (χ1n) is 12.1. The van der Waals surface area contributed by atoms with E-state index < -0.39 is 40.9 Å². The molecule has 7 rings (SSSR count). The van der Waals surface area contributed by atoms with Gasteiger partial charge in [-0.2, -0.15) is 0 Å². The van der Waals surface area contributed by atoms with E-state index in [1.807, 2.05) is 0 Å². The van der Waals surface area contributed by atoms with Gasteiger partial charge in [0, 0.05) is 0 Å². The third kappa shape index (κ3) is 2.41. The van der Waals surface area contributed by atoms with Crippen LogP contribution in [0.25, 0.3) is 0 Å². The van der Waals surface area contributed by atoms with E-state index in [1.165, 1.54) is 24.3 Å². The number of carbonyl (C=O) groups is 2. The average molecular weight is 494 g/mol. The molecule has 37 heavy (non-hydrogen) atoms. The number of ether oxygens (including phenoxy) is 2. The third-order valence-electron chi connectivity index (χ3n) is 8.08. The van der Waals surface area contributed by atoms with Crippen molar-refractivity contribution in [1.29, 1.82) is 0 Å². The van der Waals surface area contributed by atoms with Gasteiger partial charge in [0.05, 0.1) is 11.1 Å². The molecular weight excluding hydrogens is 474 g/mol. The molecule has 1 fully saturated rings. The van der Waals surface area contributed by atoms with Crippen LogP contribution in [0.15, 0.2) is 109 Å². The van der Waals surface area contributed by atoms with E-state index in [0.29, 0.717) is 11.1 Å². The van der Waals surface area contributed by atoms with Crippen molar-refractivity contribution in [1.82, 2.24) is 0 Å². The molecular formula is C31H20F2O4. The lowest BCUT2D eigenvalue weighted by Crippen LogP contribution is -2.69. The number of esters is 2. The van der Waals surface area contributed by atoms with Gasteiger partial charge in [0.2, 0.25) is 0 Å². The molecule has 0 saturated heterocycles. The summed E-state index contributed by atoms with van der Waals surface area (Å²) in [5, 5.41) is 0. The second-order valence-corrected chi connectivity index (χ2v) is 9.65. The largest absolute Gasteiger partial charge is 0.451 e. The summed E-state index contributed by atoms with van der Waals surface area (Å²) in [6.45, 7) is 0. The summed E-state index contributed by atoms with van der Waals surface area (Å²) >= 11 is 0. The Hall–Kier alpha value is -4.32. The molecule has 4 aromatic carbocycles. The maximum absolute atomic E-state index is 17.6. The molecule has 3 aliphatic carbocycles. The summed E-state index contributed by atoms with van der Waals surface area (Å²) in [7, 11) is 0. The molecule has 1 spiro atoms. The van der Waals surface area contributed by atoms with Gasteiger partial charge in [-0.3, -0.25) is 0 Å². The zero-order chi connectivity index (χ0) is 25.4. The molecule has 3 aliphatic rings. The lowest BCUT2D eigenvalue weighted by Gasteiger charge is -2.62. The highest BCUT2D eigenvalue weighted by molar-refractivity contribution is 5.91. The number of rotatable bonds is 4. The Kier molecular flexibility index (Phi) is 4.36. The van der Waals surface area contributed by atoms with E-state index in [2.05, 4.69) is 0 Å². The lowest BCUT2D eigenvalue weighted by atomic mass is 9.41. The number of fused-ring (bicyclic) bond motifs is 4. The lowest BCUT2D eigenvalue weighted by molar-refractivity contribution is -0.0892. The van der Waals surface area contributed by atoms with Crippen molar-refractivity contribution in [3.63, 3.8) is 0 Å². The fraction of sp³-hybridized carbons (Fsp3) is 0.161. The van der Waals surface area contributed by atoms with Crippen molar-refractivity contribution in [2.24, 2.45) is 0 Å². The quantitative estimate of drug-likeness (QED) is 0.337. The standard InChI is InChI=1S/C31H20F2O4/c32-30-23-17-9-7-15-21(23)29(30)22-16-8-10-18-24(22)31(29,33)26(37-28(35)20-13-5-2-6-14-20)25(30)36-27(34)19-11-3-1-4-12-19/h1-18,25-26H/t25?,26?,29?,30-,31?/m1/s1. The molecule has 1 saturated carbocycles. The summed E-state index contributed by atoms with van der Waals surface area (Å²) in [6.07, 6.45) is -3.44. The predicted molar refractivity (Wildman–Crippen MR) is 131 cm³/mol. The Balaban J connectivity index is 1.42. The first-order valence-corrected chi connectivity index (χ1v) is 12.1. The Morgan fingerprint density at radius 2 is 0.838 bits per heavy atom. The zero-order valence-electron chi connectivity index (χ0n) is 19.4. The summed E-state index contributed by atoms with van der Waals surface area (Å²) in [4.78, 5) is 26.4. The van der Waals surface area contributed by atoms with E-state index in [0.717, 1.165) is 0 Å². The van der Waals surface area contributed by atoms with Crippen LogP contribution < -0.4 is 0 Å². The van der Waals surface area contributed by atoms with Crippen LogP contribution in [0.1, 0.15) is 43.0 Å². The van der Waals surface area contributed by atoms with E-state index in [9.17, 15) is 9.59 Å². The zero-order valence-corrected chi connectivity index (χ0v) is 19.4. The van der Waals surface area contributed by atoms with Crippen LogP contribution in [0.2, 0.25) is 0 Å². The van der Waals surface area contributed by atoms with Crippen molar-refractivity contribution in [2.45, 2.75) is 29.0 Å². The van der Waals surface area contributed by atoms with Crippen LogP contribution in [-0.2, 0) is 26.2 Å². The Morgan fingerprint density at radius 1 is 0.514 bits per heavy atom. The second kappa shape index (κ2) is 7.35. The minimum Gasteiger partial charge on any atom is -0.451 e. The SMILES string of the molecule is O=C(OC1C(OC(=O)c2ccccc2)[C@]2(F)c3ccccc3C23c2ccccc2C13F)c1ccccc1. The Morgan fingerprint density at radius 3 is 1.22 bits per heavy atom. The normalized spacial score (nSPS) is 29.9. The van der Waals surface area contributed by atoms with Gasteiger partial charge in [-0.15, -0.1) is 0 Å². The number of benzene rings is 4. The van der Waals surface area contributed by atoms with Gasteiger partial charge < -0.3 is 9.47 Å². The minimum atomic E-state index is -2.45. The van der Waals surface area contributed by atoms with Gasteiger partial charge in [-0.05, 0) is 46.5 Å². The maximum atomic E-state index is 17.6. The van der Waals surface area contributed by atoms with Crippen molar-refractivity contribution >= 4 is 11.9 Å². The van der Waals surface area contributed by atoms with Crippen LogP contribution >= 0.6 is 0 Å². The monoisotopic (exact) mass is 494 g/mol. The van der Waals surface area contributed by atoms with Gasteiger partial charge in [0.25, 0.3) is 0 Å². The molecule has 0 N–H and O–H groups in total. The number of halogens is 2. The van der Waals surface area contributed by atoms with Gasteiger partial charge in [-0.1, -0.05) is 84.9 Å². The van der Waals surface area contributed by atoms with Gasteiger partial charge in [-0.25, -0.2) is 18.4 Å². The molecule has 5 atom stereocenters. The summed E-state index contributed by atoms with van der Waals surface area (Å²) in [6, 6.07) is 29.5. The van der Waals surface area contributed by atoms with Gasteiger partial charge >= 0.3 is 11.9 Å². The fourth-order valence-corrected chi connectivity index (χ4v) is 6.68. The second-order valence-electron chi connectivity index (χ2n) is 9.65. The molecule has 4 aromatic rings. The van der Waals surface area contributed by atoms with Crippen LogP contribution in [0, 0.1) is 0 Å². The molecule has 0 aromatic heterocycles. The molecule has 6 heteroatoms. The molecule has 0 radical (unpaired) electrons. The van der Waals surface area contributed by atoms with Gasteiger partial charge in [0.1, 0.15) is 5.41 Å². The number of hydrogen-bond donors (Lipinski definition) is 0. The van der Waals surface area contributed by atoms with Crippen molar-refractivity contribution in [3.05, 3.63) is 143 Å². The minimum absolute atomic E-state index is 0.186. The number of hydrogen-bond acceptors (Lipinski definition) is 4. The summed E-state index contributed by atoms with van der Waals surface area (Å²) in [5.41, 5.74) is -4.88. The summed E-state index contributed by atoms with van der Waals surface area (Å²) in [5.74, 6) is -1.64. The van der Waals surface area contributed by atoms with Crippen LogP contribution in [-0.4, -0.2) is 24.1 Å². The highest BCUT2D eigenvalue weighted by atomic mass is 19.2. The smallest absolute Gasteiger partial charge is 0.338 e. The third-order valence-corrected chi connectivity index (χ3v) is 8.08. The van der Waals surface area contributed by atoms with Crippen molar-refractivity contribution < 1.29 is 27.8 Å². The Bertz CT molecular complexity index is 1450. The highest BCUT2D eigenvalue weighted by Crippen LogP contribution is 2.82. The van der Waals surface area contributed by atoms with E-state index >= 15 is 8.78 Å². The first-order chi connectivity index (χ1) is 18.0. The van der Waals surface area contributed by atoms with Crippen LogP contribution in [0.5, 0.6) is 0 Å². The Labute approximate surface area is 211 Å². The highest BCUT2D eigenvalue weighted by Gasteiger charge is 2.93. The van der Waals surface area contributed by atoms with E-state index in [-0.39, 0.29) is 22.3 Å². The predicted octanol–water partition coefficient (Wildman–Crippen LogP) is 5.79. The van der Waals surface area contributed by atoms with E-state index in [1.54, 1.807) is 84.9 Å². The summed E-state index contributed by atoms with van der Waals surface area (Å²) < 4.78 is 46.8. The van der Waals surface area contributed by atoms with Crippen LogP contribution in [0.4, 0.5) is 8.78 Å². The molecule has 182 valence electrons. The average Bonchev–Trinajstić information content (AvgIpc) is 3.05. The molecule has 0 amide bonds. The molecule has 4 unspecified atom stereocenters. The molecule has 0 heterocycles. The maximum Gasteiger partial charge on any atom is 0.338 e. The molecule has 0 aliphatic heterocycles. The topological polar surface area (TPSA) is 52.6 Å². The van der Waals surface area contributed by atoms with E-state index in [4.69, 9.17) is 9.47 Å². The molecule has 0 bridgehead atoms. The number of alkyl halides is 2. The molecule has 4 nitrogen and oxygen atoms in total. The van der Waals surface area contributed by atoms with Crippen LogP contribution in [0.3, 0.4) is 0 Å². The van der Waals surface area contributed by atoms with Gasteiger partial charge in [0.15, 0.2) is 23.5 Å². The van der Waals surface area contributed by atoms with Crippen molar-refractivity contribution in [2.75, 3.05) is 0 Å².